The van der Waals surface area contributed by atoms with Gasteiger partial charge in [0.25, 0.3) is 0 Å². The lowest BCUT2D eigenvalue weighted by molar-refractivity contribution is -0.116. The molecule has 1 heterocycles. The van der Waals surface area contributed by atoms with Crippen LogP contribution in [0.2, 0.25) is 0 Å². The molecule has 1 amide bonds. The maximum atomic E-state index is 11.8. The second kappa shape index (κ2) is 7.05. The van der Waals surface area contributed by atoms with E-state index in [1.807, 2.05) is 0 Å². The summed E-state index contributed by atoms with van der Waals surface area (Å²) in [5.74, 6) is -0.425. The van der Waals surface area contributed by atoms with E-state index in [0.717, 1.165) is 32.5 Å². The lowest BCUT2D eigenvalue weighted by atomic mass is 9.95. The van der Waals surface area contributed by atoms with E-state index >= 15 is 0 Å². The number of rotatable bonds is 5. The maximum absolute atomic E-state index is 11.8. The first-order chi connectivity index (χ1) is 9.65. The average Bonchev–Trinajstić information content (AvgIpc) is 2.47. The fourth-order valence-corrected chi connectivity index (χ4v) is 2.29. The van der Waals surface area contributed by atoms with E-state index in [0.29, 0.717) is 18.0 Å². The molecule has 0 radical (unpaired) electrons. The minimum Gasteiger partial charge on any atom is -0.478 e. The number of carbonyl (C=O) groups is 2. The summed E-state index contributed by atoms with van der Waals surface area (Å²) in [6.45, 7) is 1.59. The number of nitrogens with one attached hydrogen (secondary N) is 1. The lowest BCUT2D eigenvalue weighted by Gasteiger charge is -2.21. The molecule has 5 heteroatoms. The van der Waals surface area contributed by atoms with E-state index in [1.165, 1.54) is 12.1 Å². The highest BCUT2D eigenvalue weighted by atomic mass is 16.5. The molecule has 0 aromatic heterocycles. The Morgan fingerprint density at radius 3 is 2.45 bits per heavy atom. The molecule has 0 saturated carbocycles. The topological polar surface area (TPSA) is 75.6 Å². The normalized spacial score (nSPS) is 15.8. The molecule has 1 fully saturated rings. The van der Waals surface area contributed by atoms with Crippen molar-refractivity contribution in [2.24, 2.45) is 5.92 Å². The highest BCUT2D eigenvalue weighted by Crippen LogP contribution is 2.20. The molecule has 0 spiro atoms. The molecule has 20 heavy (non-hydrogen) atoms. The van der Waals surface area contributed by atoms with Gasteiger partial charge in [-0.3, -0.25) is 4.79 Å². The fourth-order valence-electron chi connectivity index (χ4n) is 2.29. The Hall–Kier alpha value is -1.88. The number of carbonyl (C=O) groups excluding carboxylic acids is 1. The molecule has 5 nitrogen and oxygen atoms in total. The van der Waals surface area contributed by atoms with Crippen LogP contribution in [0.25, 0.3) is 0 Å². The number of amides is 1. The van der Waals surface area contributed by atoms with Crippen molar-refractivity contribution in [2.75, 3.05) is 18.5 Å². The molecule has 0 aliphatic carbocycles. The summed E-state index contributed by atoms with van der Waals surface area (Å²) in [4.78, 5) is 22.5. The summed E-state index contributed by atoms with van der Waals surface area (Å²) >= 11 is 0. The molecule has 1 aromatic carbocycles. The predicted molar refractivity (Wildman–Crippen MR) is 74.8 cm³/mol. The fraction of sp³-hybridized carbons (Fsp3) is 0.467. The molecule has 2 rings (SSSR count). The number of benzene rings is 1. The second-order valence-electron chi connectivity index (χ2n) is 5.03. The van der Waals surface area contributed by atoms with Crippen molar-refractivity contribution >= 4 is 17.6 Å². The monoisotopic (exact) mass is 277 g/mol. The summed E-state index contributed by atoms with van der Waals surface area (Å²) in [5.41, 5.74) is 0.845. The quantitative estimate of drug-likeness (QED) is 0.867. The van der Waals surface area contributed by atoms with Crippen molar-refractivity contribution in [3.63, 3.8) is 0 Å². The number of carboxylic acid groups (broad SMARTS) is 1. The van der Waals surface area contributed by atoms with Crippen molar-refractivity contribution in [3.8, 4) is 0 Å². The van der Waals surface area contributed by atoms with E-state index in [1.54, 1.807) is 12.1 Å². The van der Waals surface area contributed by atoms with Crippen molar-refractivity contribution in [1.82, 2.24) is 0 Å². The van der Waals surface area contributed by atoms with Crippen LogP contribution in [0.5, 0.6) is 0 Å². The smallest absolute Gasteiger partial charge is 0.335 e. The number of carboxylic acids is 1. The highest BCUT2D eigenvalue weighted by molar-refractivity contribution is 5.92. The van der Waals surface area contributed by atoms with Gasteiger partial charge in [-0.2, -0.15) is 0 Å². The lowest BCUT2D eigenvalue weighted by Crippen LogP contribution is -2.18. The summed E-state index contributed by atoms with van der Waals surface area (Å²) in [6, 6.07) is 6.18. The van der Waals surface area contributed by atoms with Crippen LogP contribution in [-0.2, 0) is 9.53 Å². The number of hydrogen-bond donors (Lipinski definition) is 2. The third-order valence-corrected chi connectivity index (χ3v) is 3.54. The third kappa shape index (κ3) is 4.35. The van der Waals surface area contributed by atoms with E-state index in [2.05, 4.69) is 5.32 Å². The molecule has 1 aliphatic rings. The molecule has 1 aliphatic heterocycles. The van der Waals surface area contributed by atoms with E-state index < -0.39 is 5.97 Å². The maximum Gasteiger partial charge on any atom is 0.335 e. The summed E-state index contributed by atoms with van der Waals surface area (Å²) in [5, 5.41) is 11.6. The van der Waals surface area contributed by atoms with E-state index in [4.69, 9.17) is 9.84 Å². The van der Waals surface area contributed by atoms with Crippen molar-refractivity contribution in [2.45, 2.75) is 25.7 Å². The summed E-state index contributed by atoms with van der Waals surface area (Å²) < 4.78 is 5.28. The number of aromatic carboxylic acids is 1. The van der Waals surface area contributed by atoms with Crippen LogP contribution in [0, 0.1) is 5.92 Å². The van der Waals surface area contributed by atoms with Gasteiger partial charge in [0.2, 0.25) is 5.91 Å². The molecule has 108 valence electrons. The van der Waals surface area contributed by atoms with Gasteiger partial charge in [-0.25, -0.2) is 4.79 Å². The van der Waals surface area contributed by atoms with Gasteiger partial charge >= 0.3 is 5.97 Å². The van der Waals surface area contributed by atoms with Gasteiger partial charge in [-0.1, -0.05) is 0 Å². The molecular weight excluding hydrogens is 258 g/mol. The van der Waals surface area contributed by atoms with Crippen molar-refractivity contribution in [1.29, 1.82) is 0 Å². The van der Waals surface area contributed by atoms with Gasteiger partial charge in [0.15, 0.2) is 0 Å². The van der Waals surface area contributed by atoms with Gasteiger partial charge in [0, 0.05) is 25.3 Å². The van der Waals surface area contributed by atoms with Crippen LogP contribution in [0.15, 0.2) is 24.3 Å². The second-order valence-corrected chi connectivity index (χ2v) is 5.03. The van der Waals surface area contributed by atoms with Crippen LogP contribution in [0.4, 0.5) is 5.69 Å². The van der Waals surface area contributed by atoms with Gasteiger partial charge in [0.1, 0.15) is 0 Å². The first-order valence-electron chi connectivity index (χ1n) is 6.86. The van der Waals surface area contributed by atoms with Crippen molar-refractivity contribution < 1.29 is 19.4 Å². The van der Waals surface area contributed by atoms with Gasteiger partial charge in [0.05, 0.1) is 5.56 Å². The predicted octanol–water partition coefficient (Wildman–Crippen LogP) is 2.53. The number of anilines is 1. The third-order valence-electron chi connectivity index (χ3n) is 3.54. The first kappa shape index (κ1) is 14.5. The minimum atomic E-state index is -0.970. The molecule has 0 unspecified atom stereocenters. The van der Waals surface area contributed by atoms with Crippen LogP contribution in [-0.4, -0.2) is 30.2 Å². The number of ether oxygens (including phenoxy) is 1. The Balaban J connectivity index is 1.77. The molecule has 1 aromatic rings. The number of hydrogen-bond acceptors (Lipinski definition) is 3. The molecule has 0 bridgehead atoms. The van der Waals surface area contributed by atoms with E-state index in [9.17, 15) is 9.59 Å². The van der Waals surface area contributed by atoms with Crippen LogP contribution in [0.1, 0.15) is 36.0 Å². The Morgan fingerprint density at radius 1 is 1.20 bits per heavy atom. The molecule has 1 saturated heterocycles. The Bertz CT molecular complexity index is 463. The Morgan fingerprint density at radius 2 is 1.85 bits per heavy atom. The van der Waals surface area contributed by atoms with E-state index in [-0.39, 0.29) is 11.5 Å². The SMILES string of the molecule is O=C(CCC1CCOCC1)Nc1ccc(C(=O)O)cc1. The first-order valence-corrected chi connectivity index (χ1v) is 6.86. The highest BCUT2D eigenvalue weighted by Gasteiger charge is 2.15. The zero-order chi connectivity index (χ0) is 14.4. The zero-order valence-corrected chi connectivity index (χ0v) is 11.3. The van der Waals surface area contributed by atoms with Crippen LogP contribution < -0.4 is 5.32 Å². The van der Waals surface area contributed by atoms with Gasteiger partial charge < -0.3 is 15.2 Å². The Labute approximate surface area is 117 Å². The van der Waals surface area contributed by atoms with Gasteiger partial charge in [-0.15, -0.1) is 0 Å². The standard InChI is InChI=1S/C15H19NO4/c17-14(6-1-11-7-9-20-10-8-11)16-13-4-2-12(3-5-13)15(18)19/h2-5,11H,1,6-10H2,(H,16,17)(H,18,19). The molecular formula is C15H19NO4. The summed E-state index contributed by atoms with van der Waals surface area (Å²) in [7, 11) is 0. The minimum absolute atomic E-state index is 0.0282. The summed E-state index contributed by atoms with van der Waals surface area (Å²) in [6.07, 6.45) is 3.43. The van der Waals surface area contributed by atoms with Gasteiger partial charge in [-0.05, 0) is 49.4 Å². The molecule has 0 atom stereocenters. The van der Waals surface area contributed by atoms with Crippen molar-refractivity contribution in [3.05, 3.63) is 29.8 Å². The zero-order valence-electron chi connectivity index (χ0n) is 11.3. The largest absolute Gasteiger partial charge is 0.478 e. The molecule has 2 N–H and O–H groups in total. The Kier molecular flexibility index (Phi) is 5.12. The van der Waals surface area contributed by atoms with Crippen LogP contribution in [0.3, 0.4) is 0 Å². The van der Waals surface area contributed by atoms with Crippen LogP contribution >= 0.6 is 0 Å². The average molecular weight is 277 g/mol.